The van der Waals surface area contributed by atoms with Crippen LogP contribution in [0.1, 0.15) is 211 Å². The van der Waals surface area contributed by atoms with Gasteiger partial charge in [-0.25, -0.2) is 9.13 Å². The first kappa shape index (κ1) is 52.6. The summed E-state index contributed by atoms with van der Waals surface area (Å²) >= 11 is 0. The molecule has 11 heteroatoms. The third kappa shape index (κ3) is 11.6. The van der Waals surface area contributed by atoms with Crippen LogP contribution in [-0.2, 0) is 38.2 Å². The second kappa shape index (κ2) is 20.7. The van der Waals surface area contributed by atoms with Crippen molar-refractivity contribution in [3.8, 4) is 23.0 Å². The van der Waals surface area contributed by atoms with Gasteiger partial charge < -0.3 is 27.9 Å². The number of phosphoric acid groups is 2. The summed E-state index contributed by atoms with van der Waals surface area (Å²) in [6.45, 7) is 23.5. The largest absolute Gasteiger partial charge is 2.00 e. The molecule has 2 saturated carbocycles. The molecule has 0 N–H and O–H groups in total. The Morgan fingerprint density at radius 3 is 1.39 bits per heavy atom. The van der Waals surface area contributed by atoms with Crippen molar-refractivity contribution in [2.45, 2.75) is 201 Å². The number of fused-ring (bicyclic) bond motifs is 4. The molecule has 2 unspecified atom stereocenters. The van der Waals surface area contributed by atoms with Crippen LogP contribution in [0.25, 0.3) is 0 Å². The Bertz CT molecular complexity index is 2410. The molecule has 2 aliphatic heterocycles. The minimum atomic E-state index is -4.62. The van der Waals surface area contributed by atoms with Gasteiger partial charge in [0.15, 0.2) is 0 Å². The van der Waals surface area contributed by atoms with Gasteiger partial charge in [0.05, 0.1) is 0 Å². The Morgan fingerprint density at radius 2 is 0.955 bits per heavy atom. The maximum Gasteiger partial charge on any atom is 2.00 e. The third-order valence-electron chi connectivity index (χ3n) is 14.9. The SMILES string of the molecule is CCCC(C)c1cc(C)cc2c1OP(=O)([O-])Oc1c(cc(C)cc1C(C)(C)CCC)C2.Cc1cc2c(c(C3(C)CCCCC3)c1)OP(=O)([O-])Oc1c(cc(C)cc1C1(C)CCCCC1)C2.[Mg+2]. The van der Waals surface area contributed by atoms with E-state index in [2.05, 4.69) is 106 Å². The molecule has 4 aromatic rings. The van der Waals surface area contributed by atoms with Gasteiger partial charge in [0, 0.05) is 29.5 Å². The van der Waals surface area contributed by atoms with Crippen LogP contribution in [0.3, 0.4) is 0 Å². The van der Waals surface area contributed by atoms with E-state index < -0.39 is 15.6 Å². The van der Waals surface area contributed by atoms with Crippen molar-refractivity contribution in [3.05, 3.63) is 115 Å². The second-order valence-corrected chi connectivity index (χ2v) is 23.9. The minimum absolute atomic E-state index is 0. The molecule has 8 rings (SSSR count). The number of hydrogen-bond acceptors (Lipinski definition) is 8. The summed E-state index contributed by atoms with van der Waals surface area (Å²) in [5, 5.41) is 0. The predicted molar refractivity (Wildman–Crippen MR) is 266 cm³/mol. The summed E-state index contributed by atoms with van der Waals surface area (Å²) < 4.78 is 49.6. The van der Waals surface area contributed by atoms with Crippen LogP contribution in [0.2, 0.25) is 0 Å². The maximum absolute atomic E-state index is 13.4. The van der Waals surface area contributed by atoms with Crippen molar-refractivity contribution in [2.75, 3.05) is 0 Å². The van der Waals surface area contributed by atoms with Gasteiger partial charge in [0.2, 0.25) is 0 Å². The van der Waals surface area contributed by atoms with Crippen molar-refractivity contribution < 1.29 is 37.0 Å². The second-order valence-electron chi connectivity index (χ2n) is 21.4. The molecule has 0 bridgehead atoms. The first-order valence-corrected chi connectivity index (χ1v) is 27.4. The predicted octanol–water partition coefficient (Wildman–Crippen LogP) is 14.3. The van der Waals surface area contributed by atoms with Gasteiger partial charge in [-0.1, -0.05) is 171 Å². The average molecular weight is 949 g/mol. The molecule has 4 aromatic carbocycles. The van der Waals surface area contributed by atoms with Crippen LogP contribution in [0.4, 0.5) is 0 Å². The molecule has 0 radical (unpaired) electrons. The van der Waals surface area contributed by atoms with Crippen molar-refractivity contribution in [2.24, 2.45) is 0 Å². The Kier molecular flexibility index (Phi) is 16.5. The third-order valence-corrected chi connectivity index (χ3v) is 16.5. The zero-order valence-electron chi connectivity index (χ0n) is 41.9. The Morgan fingerprint density at radius 1 is 0.576 bits per heavy atom. The summed E-state index contributed by atoms with van der Waals surface area (Å²) in [5.41, 5.74) is 11.8. The molecule has 2 fully saturated rings. The Balaban J connectivity index is 0.000000216. The van der Waals surface area contributed by atoms with Crippen molar-refractivity contribution in [1.82, 2.24) is 0 Å². The number of hydrogen-bond donors (Lipinski definition) is 0. The first-order valence-electron chi connectivity index (χ1n) is 24.5. The monoisotopic (exact) mass is 948 g/mol. The summed E-state index contributed by atoms with van der Waals surface area (Å²) in [4.78, 5) is 26.5. The molecule has 0 amide bonds. The first-order chi connectivity index (χ1) is 30.6. The fourth-order valence-corrected chi connectivity index (χ4v) is 13.4. The normalized spacial score (nSPS) is 20.9. The smallest absolute Gasteiger partial charge is 0.736 e. The Hall–Kier alpha value is -2.77. The van der Waals surface area contributed by atoms with Crippen molar-refractivity contribution in [3.63, 3.8) is 0 Å². The molecular weight excluding hydrogens is 875 g/mol. The zero-order valence-corrected chi connectivity index (χ0v) is 45.1. The fraction of sp³-hybridized carbons (Fsp3) is 0.564. The van der Waals surface area contributed by atoms with Gasteiger partial charge in [0.25, 0.3) is 0 Å². The molecule has 2 aliphatic carbocycles. The molecule has 2 atom stereocenters. The molecule has 66 heavy (non-hydrogen) atoms. The molecule has 0 aromatic heterocycles. The summed E-state index contributed by atoms with van der Waals surface area (Å²) in [5.74, 6) is 2.11. The number of phosphoric ester groups is 2. The van der Waals surface area contributed by atoms with Crippen LogP contribution < -0.4 is 27.9 Å². The van der Waals surface area contributed by atoms with E-state index in [1.807, 2.05) is 18.2 Å². The van der Waals surface area contributed by atoms with Gasteiger partial charge >= 0.3 is 38.7 Å². The molecule has 2 heterocycles. The quantitative estimate of drug-likeness (QED) is 0.127. The van der Waals surface area contributed by atoms with Crippen LogP contribution in [-0.4, -0.2) is 23.1 Å². The van der Waals surface area contributed by atoms with Crippen molar-refractivity contribution >= 4 is 38.7 Å². The van der Waals surface area contributed by atoms with E-state index in [0.29, 0.717) is 35.8 Å². The standard InChI is InChI=1S/C29H39O4P.C26H37O4P.Mg/c1-20-15-22-19-23-16-21(2)18-25(29(4)13-9-6-10-14-29)27(23)33-34(30,31)32-26(22)24(17-20)28(3)11-7-5-8-12-28;1-8-10-19(5)22-14-17(3)12-20-16-21-13-18(4)15-23(26(6,7)11-9-2)25(21)30-31(27,28)29-24(20)22;/h15-18H,5-14,19H2,1-4H3,(H,30,31);12-15,19H,8-11,16H2,1-7H3,(H,27,28);/q;;+2/p-2. The van der Waals surface area contributed by atoms with Gasteiger partial charge in [-0.05, 0) is 116 Å². The van der Waals surface area contributed by atoms with Gasteiger partial charge in [0.1, 0.15) is 23.0 Å². The van der Waals surface area contributed by atoms with E-state index >= 15 is 0 Å². The number of benzene rings is 4. The van der Waals surface area contributed by atoms with E-state index in [4.69, 9.17) is 18.1 Å². The van der Waals surface area contributed by atoms with Crippen LogP contribution in [0, 0.1) is 27.7 Å². The molecule has 8 nitrogen and oxygen atoms in total. The van der Waals surface area contributed by atoms with Crippen LogP contribution >= 0.6 is 15.6 Å². The van der Waals surface area contributed by atoms with Crippen LogP contribution in [0.15, 0.2) is 48.5 Å². The topological polar surface area (TPSA) is 117 Å². The fourth-order valence-electron chi connectivity index (χ4n) is 11.6. The maximum atomic E-state index is 13.4. The molecule has 0 saturated heterocycles. The van der Waals surface area contributed by atoms with Crippen LogP contribution in [0.5, 0.6) is 23.0 Å². The Labute approximate surface area is 412 Å². The molecule has 0 spiro atoms. The molecular formula is C55H74MgO8P2. The zero-order chi connectivity index (χ0) is 47.1. The molecule has 4 aliphatic rings. The van der Waals surface area contributed by atoms with Gasteiger partial charge in [-0.3, -0.25) is 0 Å². The van der Waals surface area contributed by atoms with E-state index in [1.54, 1.807) is 0 Å². The summed E-state index contributed by atoms with van der Waals surface area (Å²) in [7, 11) is -9.22. The summed E-state index contributed by atoms with van der Waals surface area (Å²) in [6, 6.07) is 16.7. The van der Waals surface area contributed by atoms with Gasteiger partial charge in [-0.15, -0.1) is 0 Å². The number of rotatable bonds is 8. The summed E-state index contributed by atoms with van der Waals surface area (Å²) in [6.07, 6.45) is 16.4. The van der Waals surface area contributed by atoms with E-state index in [-0.39, 0.29) is 45.2 Å². The van der Waals surface area contributed by atoms with E-state index in [9.17, 15) is 18.9 Å². The average Bonchev–Trinajstić information content (AvgIpc) is 3.21. The van der Waals surface area contributed by atoms with Crippen molar-refractivity contribution in [1.29, 1.82) is 0 Å². The molecule has 354 valence electrons. The van der Waals surface area contributed by atoms with Gasteiger partial charge in [-0.2, -0.15) is 0 Å². The minimum Gasteiger partial charge on any atom is -0.736 e. The van der Waals surface area contributed by atoms with E-state index in [1.165, 1.54) is 12.8 Å². The van der Waals surface area contributed by atoms with E-state index in [0.717, 1.165) is 144 Å². The number of aryl methyl sites for hydroxylation is 4.